The second-order valence-corrected chi connectivity index (χ2v) is 9.86. The largest absolute Gasteiger partial charge is 0.361 e. The van der Waals surface area contributed by atoms with E-state index in [2.05, 4.69) is 10.1 Å². The van der Waals surface area contributed by atoms with Gasteiger partial charge in [-0.05, 0) is 34.6 Å². The molecule has 0 bridgehead atoms. The van der Waals surface area contributed by atoms with Crippen LogP contribution in [0.5, 0.6) is 0 Å². The maximum absolute atomic E-state index is 13.4. The molecule has 0 aliphatic carbocycles. The van der Waals surface area contributed by atoms with Crippen LogP contribution in [0.3, 0.4) is 0 Å². The number of rotatable bonds is 7. The molecule has 30 heavy (non-hydrogen) atoms. The number of thioether (sulfide) groups is 1. The zero-order valence-corrected chi connectivity index (χ0v) is 19.0. The van der Waals surface area contributed by atoms with Gasteiger partial charge in [0.25, 0.3) is 5.56 Å². The lowest BCUT2D eigenvalue weighted by Crippen LogP contribution is -2.40. The fourth-order valence-corrected chi connectivity index (χ4v) is 3.94. The Balaban J connectivity index is 2.27. The SMILES string of the molecule is CC(C)=CCn1c(SC(C)(C)CN)nc2c1c(=O)n(Cc1cc(C)on1)c(=O)n2C. The first-order valence-corrected chi connectivity index (χ1v) is 10.5. The number of aromatic nitrogens is 5. The summed E-state index contributed by atoms with van der Waals surface area (Å²) in [6.07, 6.45) is 2.02. The molecule has 162 valence electrons. The standard InChI is InChI=1S/C20H28N6O3S/c1-12(2)7-8-25-15-16(22-18(25)30-20(4,5)11-21)24(6)19(28)26(17(15)27)10-14-9-13(3)29-23-14/h7,9H,8,10-11,21H2,1-6H3. The van der Waals surface area contributed by atoms with E-state index in [9.17, 15) is 9.59 Å². The third-order valence-corrected chi connectivity index (χ3v) is 5.95. The van der Waals surface area contributed by atoms with Crippen molar-refractivity contribution in [3.63, 3.8) is 0 Å². The van der Waals surface area contributed by atoms with Crippen LogP contribution in [0.4, 0.5) is 0 Å². The fraction of sp³-hybridized carbons (Fsp3) is 0.500. The summed E-state index contributed by atoms with van der Waals surface area (Å²) in [6.45, 7) is 10.7. The van der Waals surface area contributed by atoms with E-state index in [-0.39, 0.29) is 11.3 Å². The van der Waals surface area contributed by atoms with Gasteiger partial charge < -0.3 is 14.8 Å². The van der Waals surface area contributed by atoms with E-state index in [0.29, 0.717) is 40.9 Å². The van der Waals surface area contributed by atoms with E-state index in [1.807, 2.05) is 38.3 Å². The van der Waals surface area contributed by atoms with Gasteiger partial charge in [-0.1, -0.05) is 28.6 Å². The van der Waals surface area contributed by atoms with Crippen molar-refractivity contribution in [2.75, 3.05) is 6.54 Å². The smallest absolute Gasteiger partial charge is 0.332 e. The first-order valence-electron chi connectivity index (χ1n) is 9.68. The zero-order chi connectivity index (χ0) is 22.2. The lowest BCUT2D eigenvalue weighted by Gasteiger charge is -2.21. The summed E-state index contributed by atoms with van der Waals surface area (Å²) in [7, 11) is 1.62. The zero-order valence-electron chi connectivity index (χ0n) is 18.2. The van der Waals surface area contributed by atoms with Crippen molar-refractivity contribution in [3.8, 4) is 0 Å². The Labute approximate surface area is 178 Å². The summed E-state index contributed by atoms with van der Waals surface area (Å²) in [5, 5.41) is 4.57. The van der Waals surface area contributed by atoms with Gasteiger partial charge >= 0.3 is 5.69 Å². The number of nitrogens with zero attached hydrogens (tertiary/aromatic N) is 5. The Morgan fingerprint density at radius 3 is 2.57 bits per heavy atom. The normalized spacial score (nSPS) is 12.0. The molecule has 9 nitrogen and oxygen atoms in total. The molecule has 0 atom stereocenters. The minimum Gasteiger partial charge on any atom is -0.361 e. The molecule has 3 aromatic rings. The Morgan fingerprint density at radius 1 is 1.30 bits per heavy atom. The van der Waals surface area contributed by atoms with E-state index in [0.717, 1.165) is 5.57 Å². The molecule has 3 aromatic heterocycles. The summed E-state index contributed by atoms with van der Waals surface area (Å²) >= 11 is 1.49. The van der Waals surface area contributed by atoms with Crippen molar-refractivity contribution in [2.24, 2.45) is 12.8 Å². The van der Waals surface area contributed by atoms with E-state index in [1.165, 1.54) is 20.9 Å². The summed E-state index contributed by atoms with van der Waals surface area (Å²) in [5.74, 6) is 0.618. The van der Waals surface area contributed by atoms with Gasteiger partial charge in [0.05, 0.1) is 6.54 Å². The number of imidazole rings is 1. The summed E-state index contributed by atoms with van der Waals surface area (Å²) in [5.41, 5.74) is 7.43. The number of allylic oxidation sites excluding steroid dienone is 2. The van der Waals surface area contributed by atoms with E-state index < -0.39 is 11.2 Å². The highest BCUT2D eigenvalue weighted by Gasteiger charge is 2.25. The topological polar surface area (TPSA) is 114 Å². The molecule has 0 aliphatic heterocycles. The Hall–Kier alpha value is -2.59. The average molecular weight is 433 g/mol. The van der Waals surface area contributed by atoms with Gasteiger partial charge in [-0.3, -0.25) is 13.9 Å². The minimum atomic E-state index is -0.449. The van der Waals surface area contributed by atoms with Crippen LogP contribution < -0.4 is 17.0 Å². The minimum absolute atomic E-state index is 0.0311. The molecule has 0 amide bonds. The van der Waals surface area contributed by atoms with Crippen LogP contribution in [-0.4, -0.2) is 35.1 Å². The predicted molar refractivity (Wildman–Crippen MR) is 118 cm³/mol. The van der Waals surface area contributed by atoms with Gasteiger partial charge in [0.2, 0.25) is 0 Å². The molecule has 3 heterocycles. The molecule has 0 aliphatic rings. The Morgan fingerprint density at radius 2 is 2.00 bits per heavy atom. The van der Waals surface area contributed by atoms with E-state index in [4.69, 9.17) is 10.3 Å². The molecule has 0 saturated heterocycles. The van der Waals surface area contributed by atoms with Crippen LogP contribution in [0, 0.1) is 6.92 Å². The van der Waals surface area contributed by atoms with Crippen LogP contribution in [0.1, 0.15) is 39.1 Å². The molecular weight excluding hydrogens is 404 g/mol. The second-order valence-electron chi connectivity index (χ2n) is 8.19. The molecule has 0 fully saturated rings. The molecule has 2 N–H and O–H groups in total. The third kappa shape index (κ3) is 4.29. The quantitative estimate of drug-likeness (QED) is 0.449. The molecule has 10 heteroatoms. The molecule has 0 aromatic carbocycles. The second kappa shape index (κ2) is 8.27. The Kier molecular flexibility index (Phi) is 6.09. The number of hydrogen-bond acceptors (Lipinski definition) is 7. The highest BCUT2D eigenvalue weighted by atomic mass is 32.2. The van der Waals surface area contributed by atoms with Crippen LogP contribution in [0.25, 0.3) is 11.2 Å². The van der Waals surface area contributed by atoms with Gasteiger partial charge in [-0.25, -0.2) is 9.78 Å². The van der Waals surface area contributed by atoms with Gasteiger partial charge in [-0.2, -0.15) is 0 Å². The maximum Gasteiger partial charge on any atom is 0.332 e. The summed E-state index contributed by atoms with van der Waals surface area (Å²) < 4.78 is 9.23. The fourth-order valence-electron chi connectivity index (χ4n) is 2.96. The molecule has 3 rings (SSSR count). The van der Waals surface area contributed by atoms with Crippen LogP contribution in [0.15, 0.2) is 37.0 Å². The van der Waals surface area contributed by atoms with Crippen LogP contribution in [0.2, 0.25) is 0 Å². The van der Waals surface area contributed by atoms with Crippen molar-refractivity contribution in [1.29, 1.82) is 0 Å². The maximum atomic E-state index is 13.4. The van der Waals surface area contributed by atoms with Crippen molar-refractivity contribution >= 4 is 22.9 Å². The van der Waals surface area contributed by atoms with Crippen molar-refractivity contribution in [1.82, 2.24) is 23.8 Å². The average Bonchev–Trinajstić information content (AvgIpc) is 3.24. The predicted octanol–water partition coefficient (Wildman–Crippen LogP) is 2.04. The van der Waals surface area contributed by atoms with Crippen molar-refractivity contribution in [2.45, 2.75) is 57.6 Å². The number of aryl methyl sites for hydroxylation is 2. The molecule has 0 saturated carbocycles. The lowest BCUT2D eigenvalue weighted by molar-refractivity contribution is 0.388. The number of nitrogens with two attached hydrogens (primary N) is 1. The Bertz CT molecular complexity index is 1220. The van der Waals surface area contributed by atoms with Gasteiger partial charge in [0.1, 0.15) is 11.5 Å². The summed E-state index contributed by atoms with van der Waals surface area (Å²) in [6, 6.07) is 1.71. The van der Waals surface area contributed by atoms with Crippen LogP contribution >= 0.6 is 11.8 Å². The van der Waals surface area contributed by atoms with Gasteiger partial charge in [0, 0.05) is 31.0 Å². The first kappa shape index (κ1) is 22.1. The van der Waals surface area contributed by atoms with Crippen LogP contribution in [-0.2, 0) is 20.1 Å². The molecular formula is C20H28N6O3S. The molecule has 0 spiro atoms. The monoisotopic (exact) mass is 432 g/mol. The highest BCUT2D eigenvalue weighted by molar-refractivity contribution is 8.00. The number of hydrogen-bond donors (Lipinski definition) is 1. The molecule has 0 radical (unpaired) electrons. The third-order valence-electron chi connectivity index (χ3n) is 4.74. The molecule has 0 unspecified atom stereocenters. The van der Waals surface area contributed by atoms with Crippen molar-refractivity contribution in [3.05, 3.63) is 50.0 Å². The van der Waals surface area contributed by atoms with E-state index in [1.54, 1.807) is 20.0 Å². The highest BCUT2D eigenvalue weighted by Crippen LogP contribution is 2.32. The van der Waals surface area contributed by atoms with E-state index >= 15 is 0 Å². The first-order chi connectivity index (χ1) is 14.0. The van der Waals surface area contributed by atoms with Gasteiger partial charge in [-0.15, -0.1) is 0 Å². The van der Waals surface area contributed by atoms with Crippen molar-refractivity contribution < 1.29 is 4.52 Å². The lowest BCUT2D eigenvalue weighted by atomic mass is 10.2. The number of fused-ring (bicyclic) bond motifs is 1. The summed E-state index contributed by atoms with van der Waals surface area (Å²) in [4.78, 5) is 31.0. The van der Waals surface area contributed by atoms with Gasteiger partial charge in [0.15, 0.2) is 16.3 Å².